The summed E-state index contributed by atoms with van der Waals surface area (Å²) in [5, 5.41) is 9.99. The van der Waals surface area contributed by atoms with Crippen LogP contribution in [0.1, 0.15) is 35.5 Å². The van der Waals surface area contributed by atoms with Crippen molar-refractivity contribution in [3.05, 3.63) is 101 Å². The Hall–Kier alpha value is -4.26. The lowest BCUT2D eigenvalue weighted by Crippen LogP contribution is -2.19. The number of fused-ring (bicyclic) bond motifs is 1. The number of aromatic nitrogens is 4. The van der Waals surface area contributed by atoms with Gasteiger partial charge in [-0.15, -0.1) is 0 Å². The van der Waals surface area contributed by atoms with Crippen molar-refractivity contribution in [3.8, 4) is 11.4 Å². The van der Waals surface area contributed by atoms with Gasteiger partial charge in [-0.25, -0.2) is 14.4 Å². The molecule has 0 spiro atoms. The van der Waals surface area contributed by atoms with Crippen LogP contribution in [-0.2, 0) is 13.5 Å². The van der Waals surface area contributed by atoms with Gasteiger partial charge in [0.25, 0.3) is 0 Å². The lowest BCUT2D eigenvalue weighted by molar-refractivity contribution is 0.590. The first kappa shape index (κ1) is 22.5. The van der Waals surface area contributed by atoms with E-state index in [0.29, 0.717) is 23.0 Å². The van der Waals surface area contributed by atoms with Crippen LogP contribution in [0.15, 0.2) is 72.9 Å². The molecule has 0 aliphatic rings. The van der Waals surface area contributed by atoms with Crippen molar-refractivity contribution < 1.29 is 4.39 Å². The Morgan fingerprint density at radius 3 is 2.71 bits per heavy atom. The number of hydrogen-bond acceptors (Lipinski definition) is 5. The molecule has 6 nitrogen and oxygen atoms in total. The molecule has 0 radical (unpaired) electrons. The van der Waals surface area contributed by atoms with Crippen LogP contribution in [0.2, 0.25) is 0 Å². The summed E-state index contributed by atoms with van der Waals surface area (Å²) in [5.41, 5.74) is 10.4. The molecule has 2 heterocycles. The smallest absolute Gasteiger partial charge is 0.181 e. The number of aryl methyl sites for hydroxylation is 3. The predicted octanol–water partition coefficient (Wildman–Crippen LogP) is 5.82. The van der Waals surface area contributed by atoms with Crippen LogP contribution in [0.4, 0.5) is 15.9 Å². The SMILES string of the molecule is CCc1ccc(F)c(C(Nc2ccc3c(N)nccc3c2)c2nc(-c3cccc(C)c3)nn2C)c1. The molecule has 3 N–H and O–H groups in total. The number of rotatable bonds is 6. The third-order valence-corrected chi connectivity index (χ3v) is 6.22. The van der Waals surface area contributed by atoms with Gasteiger partial charge in [0.05, 0.1) is 0 Å². The number of pyridine rings is 1. The first-order valence-corrected chi connectivity index (χ1v) is 11.6. The molecule has 0 aliphatic heterocycles. The lowest BCUT2D eigenvalue weighted by Gasteiger charge is -2.21. The third kappa shape index (κ3) is 4.45. The first-order valence-electron chi connectivity index (χ1n) is 11.6. The van der Waals surface area contributed by atoms with Gasteiger partial charge < -0.3 is 11.1 Å². The maximum Gasteiger partial charge on any atom is 0.181 e. The van der Waals surface area contributed by atoms with Crippen molar-refractivity contribution in [2.45, 2.75) is 26.3 Å². The molecule has 0 amide bonds. The summed E-state index contributed by atoms with van der Waals surface area (Å²) < 4.78 is 17.0. The predicted molar refractivity (Wildman–Crippen MR) is 139 cm³/mol. The molecule has 3 aromatic carbocycles. The Bertz CT molecular complexity index is 1520. The quantitative estimate of drug-likeness (QED) is 0.329. The van der Waals surface area contributed by atoms with Gasteiger partial charge in [0, 0.05) is 35.4 Å². The number of nitrogens with zero attached hydrogens (tertiary/aromatic N) is 4. The molecular formula is C28H27FN6. The van der Waals surface area contributed by atoms with Crippen molar-refractivity contribution in [1.29, 1.82) is 0 Å². The number of nitrogens with one attached hydrogen (secondary N) is 1. The summed E-state index contributed by atoms with van der Waals surface area (Å²) in [5.74, 6) is 1.39. The largest absolute Gasteiger partial charge is 0.383 e. The van der Waals surface area contributed by atoms with Gasteiger partial charge in [-0.1, -0.05) is 42.8 Å². The van der Waals surface area contributed by atoms with E-state index < -0.39 is 6.04 Å². The van der Waals surface area contributed by atoms with Crippen molar-refractivity contribution in [3.63, 3.8) is 0 Å². The van der Waals surface area contributed by atoms with E-state index in [1.807, 2.05) is 74.6 Å². The van der Waals surface area contributed by atoms with Gasteiger partial charge in [0.1, 0.15) is 17.7 Å². The third-order valence-electron chi connectivity index (χ3n) is 6.22. The second kappa shape index (κ2) is 9.18. The molecular weight excluding hydrogens is 439 g/mol. The van der Waals surface area contributed by atoms with E-state index in [1.165, 1.54) is 6.07 Å². The molecule has 7 heteroatoms. The minimum Gasteiger partial charge on any atom is -0.383 e. The number of hydrogen-bond donors (Lipinski definition) is 2. The van der Waals surface area contributed by atoms with Gasteiger partial charge in [0.15, 0.2) is 11.6 Å². The molecule has 35 heavy (non-hydrogen) atoms. The van der Waals surface area contributed by atoms with E-state index in [0.717, 1.165) is 39.6 Å². The Morgan fingerprint density at radius 2 is 1.91 bits per heavy atom. The molecule has 2 aromatic heterocycles. The maximum absolute atomic E-state index is 15.2. The summed E-state index contributed by atoms with van der Waals surface area (Å²) >= 11 is 0. The van der Waals surface area contributed by atoms with Crippen LogP contribution >= 0.6 is 0 Å². The maximum atomic E-state index is 15.2. The lowest BCUT2D eigenvalue weighted by atomic mass is 10.0. The molecule has 176 valence electrons. The molecule has 0 bridgehead atoms. The standard InChI is InChI=1S/C28H27FN6/c1-4-18-8-11-24(29)23(15-18)25(32-21-9-10-22-19(16-21)12-13-31-26(22)30)28-33-27(34-35(28)3)20-7-5-6-17(2)14-20/h5-16,25,32H,4H2,1-3H3,(H2,30,31). The summed E-state index contributed by atoms with van der Waals surface area (Å²) in [4.78, 5) is 9.02. The highest BCUT2D eigenvalue weighted by atomic mass is 19.1. The summed E-state index contributed by atoms with van der Waals surface area (Å²) in [6.45, 7) is 4.09. The number of anilines is 2. The monoisotopic (exact) mass is 466 g/mol. The van der Waals surface area contributed by atoms with E-state index >= 15 is 4.39 Å². The van der Waals surface area contributed by atoms with Crippen molar-refractivity contribution in [2.24, 2.45) is 7.05 Å². The topological polar surface area (TPSA) is 81.7 Å². The Kier molecular flexibility index (Phi) is 5.91. The van der Waals surface area contributed by atoms with Crippen LogP contribution in [0.5, 0.6) is 0 Å². The van der Waals surface area contributed by atoms with E-state index in [2.05, 4.69) is 22.3 Å². The zero-order valence-electron chi connectivity index (χ0n) is 20.0. The number of nitrogens with two attached hydrogens (primary N) is 1. The summed E-state index contributed by atoms with van der Waals surface area (Å²) in [7, 11) is 1.84. The van der Waals surface area contributed by atoms with Crippen molar-refractivity contribution in [2.75, 3.05) is 11.1 Å². The molecule has 5 aromatic rings. The van der Waals surface area contributed by atoms with Gasteiger partial charge in [0.2, 0.25) is 0 Å². The van der Waals surface area contributed by atoms with Gasteiger partial charge in [-0.3, -0.25) is 4.68 Å². The average Bonchev–Trinajstić information content (AvgIpc) is 3.24. The van der Waals surface area contributed by atoms with Crippen LogP contribution in [-0.4, -0.2) is 19.7 Å². The first-order chi connectivity index (χ1) is 16.9. The van der Waals surface area contributed by atoms with Crippen molar-refractivity contribution in [1.82, 2.24) is 19.7 Å². The highest BCUT2D eigenvalue weighted by molar-refractivity contribution is 5.92. The molecule has 1 unspecified atom stereocenters. The van der Waals surface area contributed by atoms with Gasteiger partial charge >= 0.3 is 0 Å². The zero-order chi connectivity index (χ0) is 24.5. The number of halogens is 1. The fourth-order valence-electron chi connectivity index (χ4n) is 4.33. The molecule has 0 saturated heterocycles. The molecule has 0 fully saturated rings. The van der Waals surface area contributed by atoms with Gasteiger partial charge in [-0.05, 0) is 60.7 Å². The van der Waals surface area contributed by atoms with Crippen molar-refractivity contribution >= 4 is 22.3 Å². The van der Waals surface area contributed by atoms with E-state index in [4.69, 9.17) is 10.7 Å². The summed E-state index contributed by atoms with van der Waals surface area (Å²) in [6.07, 6.45) is 2.48. The van der Waals surface area contributed by atoms with Crippen LogP contribution in [0.25, 0.3) is 22.2 Å². The minimum atomic E-state index is -0.561. The highest BCUT2D eigenvalue weighted by Crippen LogP contribution is 2.32. The fraction of sp³-hybridized carbons (Fsp3) is 0.179. The van der Waals surface area contributed by atoms with Crippen LogP contribution in [0.3, 0.4) is 0 Å². The van der Waals surface area contributed by atoms with Crippen LogP contribution in [0, 0.1) is 12.7 Å². The number of benzene rings is 3. The fourth-order valence-corrected chi connectivity index (χ4v) is 4.33. The zero-order valence-corrected chi connectivity index (χ0v) is 20.0. The normalized spacial score (nSPS) is 12.1. The van der Waals surface area contributed by atoms with E-state index in [9.17, 15) is 0 Å². The Balaban J connectivity index is 1.63. The molecule has 0 aliphatic carbocycles. The van der Waals surface area contributed by atoms with Gasteiger partial charge in [-0.2, -0.15) is 5.10 Å². The Morgan fingerprint density at radius 1 is 1.06 bits per heavy atom. The molecule has 5 rings (SSSR count). The molecule has 0 saturated carbocycles. The minimum absolute atomic E-state index is 0.297. The number of nitrogen functional groups attached to an aromatic ring is 1. The second-order valence-corrected chi connectivity index (χ2v) is 8.71. The second-order valence-electron chi connectivity index (χ2n) is 8.71. The molecule has 1 atom stereocenters. The summed E-state index contributed by atoms with van der Waals surface area (Å²) in [6, 6.07) is 20.5. The average molecular weight is 467 g/mol. The van der Waals surface area contributed by atoms with E-state index in [-0.39, 0.29) is 5.82 Å². The van der Waals surface area contributed by atoms with Crippen LogP contribution < -0.4 is 11.1 Å². The Labute approximate surface area is 203 Å². The highest BCUT2D eigenvalue weighted by Gasteiger charge is 2.25. The van der Waals surface area contributed by atoms with E-state index in [1.54, 1.807) is 10.9 Å².